The highest BCUT2D eigenvalue weighted by molar-refractivity contribution is 14.0. The van der Waals surface area contributed by atoms with E-state index in [1.54, 1.807) is 7.11 Å². The summed E-state index contributed by atoms with van der Waals surface area (Å²) in [5, 5.41) is 3.53. The summed E-state index contributed by atoms with van der Waals surface area (Å²) in [7, 11) is 7.78. The molecule has 0 unspecified atom stereocenters. The molecule has 1 N–H and O–H groups in total. The zero-order valence-electron chi connectivity index (χ0n) is 18.5. The molecule has 0 saturated carbocycles. The standard InChI is InChI=1S/C23H33N5O.HI/c1-24-23(25-17-19-8-7-9-20(16-19)18-26(2)3)28-14-12-27(13-15-28)21-10-5-6-11-22(21)29-4;/h5-11,16H,12-15,17-18H2,1-4H3,(H,24,25);1H. The van der Waals surface area contributed by atoms with Crippen LogP contribution in [0.15, 0.2) is 53.5 Å². The summed E-state index contributed by atoms with van der Waals surface area (Å²) in [6, 6.07) is 17.0. The van der Waals surface area contributed by atoms with Crippen LogP contribution >= 0.6 is 24.0 Å². The molecule has 1 fully saturated rings. The predicted octanol–water partition coefficient (Wildman–Crippen LogP) is 3.27. The lowest BCUT2D eigenvalue weighted by Crippen LogP contribution is -2.52. The van der Waals surface area contributed by atoms with E-state index in [1.165, 1.54) is 11.1 Å². The van der Waals surface area contributed by atoms with Crippen LogP contribution in [0.1, 0.15) is 11.1 Å². The molecule has 3 rings (SSSR count). The molecule has 2 aromatic carbocycles. The first-order valence-corrected chi connectivity index (χ1v) is 10.2. The van der Waals surface area contributed by atoms with Crippen molar-refractivity contribution in [3.8, 4) is 5.75 Å². The van der Waals surface area contributed by atoms with Crippen molar-refractivity contribution in [2.24, 2.45) is 4.99 Å². The lowest BCUT2D eigenvalue weighted by Gasteiger charge is -2.38. The molecule has 1 aliphatic rings. The summed E-state index contributed by atoms with van der Waals surface area (Å²) in [6.45, 7) is 5.48. The molecule has 0 aromatic heterocycles. The lowest BCUT2D eigenvalue weighted by molar-refractivity contribution is 0.367. The quantitative estimate of drug-likeness (QED) is 0.358. The van der Waals surface area contributed by atoms with Crippen LogP contribution in [0.2, 0.25) is 0 Å². The molecule has 1 aliphatic heterocycles. The third kappa shape index (κ3) is 6.50. The topological polar surface area (TPSA) is 43.3 Å². The minimum atomic E-state index is 0. The van der Waals surface area contributed by atoms with Crippen LogP contribution < -0.4 is 15.0 Å². The fourth-order valence-electron chi connectivity index (χ4n) is 3.77. The van der Waals surface area contributed by atoms with Crippen LogP contribution in [0.3, 0.4) is 0 Å². The maximum Gasteiger partial charge on any atom is 0.194 e. The van der Waals surface area contributed by atoms with Gasteiger partial charge < -0.3 is 24.8 Å². The van der Waals surface area contributed by atoms with Gasteiger partial charge in [-0.1, -0.05) is 36.4 Å². The number of para-hydroxylation sites is 2. The van der Waals surface area contributed by atoms with E-state index in [1.807, 2.05) is 19.2 Å². The molecule has 164 valence electrons. The number of hydrogen-bond donors (Lipinski definition) is 1. The van der Waals surface area contributed by atoms with Gasteiger partial charge in [0.25, 0.3) is 0 Å². The molecule has 1 saturated heterocycles. The van der Waals surface area contributed by atoms with Gasteiger partial charge in [-0.05, 0) is 37.4 Å². The summed E-state index contributed by atoms with van der Waals surface area (Å²) in [5.74, 6) is 1.89. The second-order valence-corrected chi connectivity index (χ2v) is 7.60. The molecule has 0 spiro atoms. The Morgan fingerprint density at radius 1 is 1.03 bits per heavy atom. The van der Waals surface area contributed by atoms with Gasteiger partial charge in [0.2, 0.25) is 0 Å². The third-order valence-electron chi connectivity index (χ3n) is 5.16. The van der Waals surface area contributed by atoms with Crippen LogP contribution in [-0.4, -0.2) is 70.2 Å². The summed E-state index contributed by atoms with van der Waals surface area (Å²) >= 11 is 0. The number of halogens is 1. The van der Waals surface area contributed by atoms with Gasteiger partial charge in [0, 0.05) is 46.3 Å². The molecule has 30 heavy (non-hydrogen) atoms. The smallest absolute Gasteiger partial charge is 0.194 e. The number of benzene rings is 2. The predicted molar refractivity (Wildman–Crippen MR) is 136 cm³/mol. The maximum absolute atomic E-state index is 5.52. The Labute approximate surface area is 197 Å². The molecule has 2 aromatic rings. The van der Waals surface area contributed by atoms with Crippen molar-refractivity contribution < 1.29 is 4.74 Å². The van der Waals surface area contributed by atoms with E-state index in [0.717, 1.165) is 56.7 Å². The van der Waals surface area contributed by atoms with E-state index in [0.29, 0.717) is 0 Å². The van der Waals surface area contributed by atoms with E-state index in [4.69, 9.17) is 4.74 Å². The van der Waals surface area contributed by atoms with Crippen LogP contribution in [0.25, 0.3) is 0 Å². The van der Waals surface area contributed by atoms with Gasteiger partial charge in [-0.2, -0.15) is 0 Å². The SMILES string of the molecule is CN=C(NCc1cccc(CN(C)C)c1)N1CCN(c2ccccc2OC)CC1.I. The number of aliphatic imine (C=N–C) groups is 1. The van der Waals surface area contributed by atoms with Gasteiger partial charge in [0.1, 0.15) is 5.75 Å². The normalized spacial score (nSPS) is 14.5. The molecule has 6 nitrogen and oxygen atoms in total. The summed E-state index contributed by atoms with van der Waals surface area (Å²) in [4.78, 5) is 11.4. The number of piperazine rings is 1. The molecule has 0 aliphatic carbocycles. The molecular weight excluding hydrogens is 489 g/mol. The Kier molecular flexibility index (Phi) is 9.71. The average molecular weight is 523 g/mol. The third-order valence-corrected chi connectivity index (χ3v) is 5.16. The Morgan fingerprint density at radius 2 is 1.73 bits per heavy atom. The molecule has 0 amide bonds. The van der Waals surface area contributed by atoms with Gasteiger partial charge in [0.15, 0.2) is 5.96 Å². The number of guanidine groups is 1. The van der Waals surface area contributed by atoms with Crippen LogP contribution in [0.4, 0.5) is 5.69 Å². The highest BCUT2D eigenvalue weighted by Crippen LogP contribution is 2.28. The molecule has 0 radical (unpaired) electrons. The Hall–Kier alpha value is -2.00. The fourth-order valence-corrected chi connectivity index (χ4v) is 3.77. The minimum Gasteiger partial charge on any atom is -0.495 e. The number of methoxy groups -OCH3 is 1. The molecular formula is C23H34IN5O. The number of nitrogens with zero attached hydrogens (tertiary/aromatic N) is 4. The number of nitrogens with one attached hydrogen (secondary N) is 1. The van der Waals surface area contributed by atoms with Gasteiger partial charge in [0.05, 0.1) is 12.8 Å². The first kappa shape index (κ1) is 24.3. The van der Waals surface area contributed by atoms with Gasteiger partial charge >= 0.3 is 0 Å². The number of ether oxygens (including phenoxy) is 1. The first-order valence-electron chi connectivity index (χ1n) is 10.2. The summed E-state index contributed by atoms with van der Waals surface area (Å²) in [6.07, 6.45) is 0. The van der Waals surface area contributed by atoms with Crippen LogP contribution in [0.5, 0.6) is 5.75 Å². The fraction of sp³-hybridized carbons (Fsp3) is 0.435. The zero-order valence-corrected chi connectivity index (χ0v) is 20.8. The van der Waals surface area contributed by atoms with E-state index >= 15 is 0 Å². The highest BCUT2D eigenvalue weighted by Gasteiger charge is 2.21. The van der Waals surface area contributed by atoms with Crippen molar-refractivity contribution in [2.75, 3.05) is 59.3 Å². The van der Waals surface area contributed by atoms with Crippen molar-refractivity contribution in [3.63, 3.8) is 0 Å². The van der Waals surface area contributed by atoms with Crippen molar-refractivity contribution in [3.05, 3.63) is 59.7 Å². The van der Waals surface area contributed by atoms with Gasteiger partial charge in [-0.15, -0.1) is 24.0 Å². The Balaban J connectivity index is 0.00000320. The zero-order chi connectivity index (χ0) is 20.6. The van der Waals surface area contributed by atoms with E-state index in [-0.39, 0.29) is 24.0 Å². The van der Waals surface area contributed by atoms with E-state index in [2.05, 4.69) is 75.5 Å². The van der Waals surface area contributed by atoms with Gasteiger partial charge in [-0.25, -0.2) is 0 Å². The minimum absolute atomic E-state index is 0. The Morgan fingerprint density at radius 3 is 2.40 bits per heavy atom. The average Bonchev–Trinajstić information content (AvgIpc) is 2.74. The monoisotopic (exact) mass is 523 g/mol. The van der Waals surface area contributed by atoms with Crippen LogP contribution in [-0.2, 0) is 13.1 Å². The number of anilines is 1. The molecule has 7 heteroatoms. The maximum atomic E-state index is 5.52. The largest absolute Gasteiger partial charge is 0.495 e. The highest BCUT2D eigenvalue weighted by atomic mass is 127. The second-order valence-electron chi connectivity index (χ2n) is 7.60. The number of rotatable bonds is 6. The van der Waals surface area contributed by atoms with Crippen LogP contribution in [0, 0.1) is 0 Å². The number of hydrogen-bond acceptors (Lipinski definition) is 4. The van der Waals surface area contributed by atoms with Gasteiger partial charge in [-0.3, -0.25) is 4.99 Å². The Bertz CT molecular complexity index is 819. The van der Waals surface area contributed by atoms with Crippen molar-refractivity contribution >= 4 is 35.6 Å². The summed E-state index contributed by atoms with van der Waals surface area (Å²) in [5.41, 5.74) is 3.77. The summed E-state index contributed by atoms with van der Waals surface area (Å²) < 4.78 is 5.52. The van der Waals surface area contributed by atoms with E-state index < -0.39 is 0 Å². The molecule has 0 atom stereocenters. The lowest BCUT2D eigenvalue weighted by atomic mass is 10.1. The van der Waals surface area contributed by atoms with E-state index in [9.17, 15) is 0 Å². The molecule has 0 bridgehead atoms. The van der Waals surface area contributed by atoms with Crippen molar-refractivity contribution in [2.45, 2.75) is 13.1 Å². The second kappa shape index (κ2) is 12.0. The molecule has 1 heterocycles. The van der Waals surface area contributed by atoms with Crippen molar-refractivity contribution in [1.82, 2.24) is 15.1 Å². The first-order chi connectivity index (χ1) is 14.1. The van der Waals surface area contributed by atoms with Crippen molar-refractivity contribution in [1.29, 1.82) is 0 Å².